The summed E-state index contributed by atoms with van der Waals surface area (Å²) in [5.74, 6) is -0.0710. The largest absolute Gasteiger partial charge is 0.357 e. The van der Waals surface area contributed by atoms with Crippen molar-refractivity contribution in [3.8, 4) is 0 Å². The summed E-state index contributed by atoms with van der Waals surface area (Å²) in [6.45, 7) is 8.05. The van der Waals surface area contributed by atoms with E-state index in [9.17, 15) is 8.42 Å². The molecule has 1 heterocycles. The SMILES string of the molecule is Cc1ccc(S(=O)(=O)Cc2csc(NC(C)(C)C)n2)cc1. The quantitative estimate of drug-likeness (QED) is 0.933. The molecule has 1 aromatic carbocycles. The van der Waals surface area contributed by atoms with Crippen molar-refractivity contribution in [1.82, 2.24) is 4.98 Å². The molecule has 0 saturated carbocycles. The van der Waals surface area contributed by atoms with Gasteiger partial charge in [-0.1, -0.05) is 17.7 Å². The van der Waals surface area contributed by atoms with Crippen LogP contribution in [0.1, 0.15) is 32.0 Å². The number of benzene rings is 1. The second-order valence-corrected chi connectivity index (χ2v) is 8.94. The van der Waals surface area contributed by atoms with Crippen LogP contribution in [-0.2, 0) is 15.6 Å². The molecule has 0 amide bonds. The monoisotopic (exact) mass is 324 g/mol. The fourth-order valence-electron chi connectivity index (χ4n) is 1.78. The molecule has 6 heteroatoms. The summed E-state index contributed by atoms with van der Waals surface area (Å²) in [5, 5.41) is 5.79. The van der Waals surface area contributed by atoms with Gasteiger partial charge in [-0.15, -0.1) is 11.3 Å². The zero-order valence-electron chi connectivity index (χ0n) is 12.7. The molecular weight excluding hydrogens is 304 g/mol. The summed E-state index contributed by atoms with van der Waals surface area (Å²) in [6, 6.07) is 6.90. The lowest BCUT2D eigenvalue weighted by Crippen LogP contribution is -2.25. The normalized spacial score (nSPS) is 12.4. The van der Waals surface area contributed by atoms with Gasteiger partial charge in [0.15, 0.2) is 15.0 Å². The maximum atomic E-state index is 12.4. The highest BCUT2D eigenvalue weighted by Gasteiger charge is 2.18. The first-order valence-corrected chi connectivity index (χ1v) is 9.21. The van der Waals surface area contributed by atoms with Gasteiger partial charge in [-0.25, -0.2) is 13.4 Å². The summed E-state index contributed by atoms with van der Waals surface area (Å²) in [4.78, 5) is 4.69. The minimum atomic E-state index is -3.34. The smallest absolute Gasteiger partial charge is 0.184 e. The molecule has 0 radical (unpaired) electrons. The summed E-state index contributed by atoms with van der Waals surface area (Å²) >= 11 is 1.43. The van der Waals surface area contributed by atoms with E-state index in [4.69, 9.17) is 0 Å². The number of aryl methyl sites for hydroxylation is 1. The van der Waals surface area contributed by atoms with E-state index >= 15 is 0 Å². The molecule has 2 rings (SSSR count). The lowest BCUT2D eigenvalue weighted by atomic mass is 10.1. The maximum Gasteiger partial charge on any atom is 0.184 e. The van der Waals surface area contributed by atoms with Crippen molar-refractivity contribution in [2.75, 3.05) is 5.32 Å². The summed E-state index contributed by atoms with van der Waals surface area (Å²) in [7, 11) is -3.34. The molecule has 1 N–H and O–H groups in total. The first kappa shape index (κ1) is 16.0. The summed E-state index contributed by atoms with van der Waals surface area (Å²) < 4.78 is 24.7. The van der Waals surface area contributed by atoms with Crippen LogP contribution in [0.4, 0.5) is 5.13 Å². The van der Waals surface area contributed by atoms with Gasteiger partial charge in [0, 0.05) is 10.9 Å². The summed E-state index contributed by atoms with van der Waals surface area (Å²) in [6.07, 6.45) is 0. The van der Waals surface area contributed by atoms with E-state index in [1.807, 2.05) is 27.7 Å². The Bertz CT molecular complexity index is 711. The van der Waals surface area contributed by atoms with Crippen LogP contribution in [0.25, 0.3) is 0 Å². The first-order valence-electron chi connectivity index (χ1n) is 6.68. The Kier molecular flexibility index (Phi) is 4.39. The topological polar surface area (TPSA) is 59.1 Å². The van der Waals surface area contributed by atoms with E-state index < -0.39 is 9.84 Å². The third kappa shape index (κ3) is 4.54. The van der Waals surface area contributed by atoms with Crippen LogP contribution in [0.3, 0.4) is 0 Å². The highest BCUT2D eigenvalue weighted by atomic mass is 32.2. The Morgan fingerprint density at radius 2 is 1.81 bits per heavy atom. The molecule has 0 fully saturated rings. The lowest BCUT2D eigenvalue weighted by molar-refractivity contribution is 0.594. The standard InChI is InChI=1S/C15H20N2O2S2/c1-11-5-7-13(8-6-11)21(18,19)10-12-9-20-14(16-12)17-15(2,3)4/h5-9H,10H2,1-4H3,(H,16,17). The number of anilines is 1. The molecule has 4 nitrogen and oxygen atoms in total. The molecule has 2 aromatic rings. The maximum absolute atomic E-state index is 12.4. The molecular formula is C15H20N2O2S2. The fraction of sp³-hybridized carbons (Fsp3) is 0.400. The molecule has 0 bridgehead atoms. The zero-order chi connectivity index (χ0) is 15.7. The second-order valence-electron chi connectivity index (χ2n) is 6.09. The third-order valence-electron chi connectivity index (χ3n) is 2.75. The highest BCUT2D eigenvalue weighted by Crippen LogP contribution is 2.23. The van der Waals surface area contributed by atoms with Crippen LogP contribution in [0.15, 0.2) is 34.5 Å². The van der Waals surface area contributed by atoms with Gasteiger partial charge < -0.3 is 5.32 Å². The van der Waals surface area contributed by atoms with Crippen molar-refractivity contribution in [2.24, 2.45) is 0 Å². The van der Waals surface area contributed by atoms with Crippen molar-refractivity contribution < 1.29 is 8.42 Å². The van der Waals surface area contributed by atoms with Crippen molar-refractivity contribution in [2.45, 2.75) is 43.9 Å². The van der Waals surface area contributed by atoms with Gasteiger partial charge in [-0.2, -0.15) is 0 Å². The lowest BCUT2D eigenvalue weighted by Gasteiger charge is -2.19. The molecule has 0 aliphatic heterocycles. The van der Waals surface area contributed by atoms with Crippen LogP contribution >= 0.6 is 11.3 Å². The average molecular weight is 324 g/mol. The van der Waals surface area contributed by atoms with E-state index in [0.717, 1.165) is 10.7 Å². The zero-order valence-corrected chi connectivity index (χ0v) is 14.3. The van der Waals surface area contributed by atoms with E-state index in [1.54, 1.807) is 29.6 Å². The number of thiazole rings is 1. The van der Waals surface area contributed by atoms with Crippen molar-refractivity contribution >= 4 is 26.3 Å². The Morgan fingerprint density at radius 3 is 2.38 bits per heavy atom. The molecule has 0 saturated heterocycles. The minimum Gasteiger partial charge on any atom is -0.357 e. The predicted molar refractivity (Wildman–Crippen MR) is 87.6 cm³/mol. The molecule has 0 aliphatic carbocycles. The number of aromatic nitrogens is 1. The van der Waals surface area contributed by atoms with E-state index in [-0.39, 0.29) is 11.3 Å². The number of hydrogen-bond donors (Lipinski definition) is 1. The van der Waals surface area contributed by atoms with E-state index in [1.165, 1.54) is 11.3 Å². The van der Waals surface area contributed by atoms with Gasteiger partial charge in [-0.05, 0) is 39.8 Å². The van der Waals surface area contributed by atoms with Gasteiger partial charge in [0.25, 0.3) is 0 Å². The fourth-order valence-corrected chi connectivity index (χ4v) is 4.05. The van der Waals surface area contributed by atoms with Gasteiger partial charge in [0.05, 0.1) is 16.3 Å². The number of sulfone groups is 1. The van der Waals surface area contributed by atoms with E-state index in [2.05, 4.69) is 10.3 Å². The molecule has 0 unspecified atom stereocenters. The number of nitrogens with zero attached hydrogens (tertiary/aromatic N) is 1. The van der Waals surface area contributed by atoms with E-state index in [0.29, 0.717) is 10.6 Å². The Morgan fingerprint density at radius 1 is 1.19 bits per heavy atom. The Balaban J connectivity index is 2.16. The van der Waals surface area contributed by atoms with Crippen molar-refractivity contribution in [3.63, 3.8) is 0 Å². The number of rotatable bonds is 4. The minimum absolute atomic E-state index is 0.0710. The Hall–Kier alpha value is -1.40. The molecule has 0 aliphatic rings. The molecule has 21 heavy (non-hydrogen) atoms. The molecule has 1 aromatic heterocycles. The molecule has 0 spiro atoms. The van der Waals surface area contributed by atoms with Crippen LogP contribution in [0.2, 0.25) is 0 Å². The summed E-state index contributed by atoms with van der Waals surface area (Å²) in [5.41, 5.74) is 1.52. The Labute approximate surface area is 130 Å². The number of hydrogen-bond acceptors (Lipinski definition) is 5. The predicted octanol–water partition coefficient (Wildman–Crippen LogP) is 3.64. The van der Waals surface area contributed by atoms with Crippen LogP contribution < -0.4 is 5.32 Å². The third-order valence-corrected chi connectivity index (χ3v) is 5.22. The van der Waals surface area contributed by atoms with Gasteiger partial charge in [-0.3, -0.25) is 0 Å². The first-order chi connectivity index (χ1) is 9.66. The van der Waals surface area contributed by atoms with Crippen molar-refractivity contribution in [1.29, 1.82) is 0 Å². The number of nitrogens with one attached hydrogen (secondary N) is 1. The van der Waals surface area contributed by atoms with Gasteiger partial charge >= 0.3 is 0 Å². The van der Waals surface area contributed by atoms with Crippen LogP contribution in [-0.4, -0.2) is 18.9 Å². The molecule has 114 valence electrons. The molecule has 0 atom stereocenters. The van der Waals surface area contributed by atoms with Crippen LogP contribution in [0, 0.1) is 6.92 Å². The highest BCUT2D eigenvalue weighted by molar-refractivity contribution is 7.90. The van der Waals surface area contributed by atoms with Gasteiger partial charge in [0.2, 0.25) is 0 Å². The van der Waals surface area contributed by atoms with Crippen LogP contribution in [0.5, 0.6) is 0 Å². The second kappa shape index (κ2) is 5.77. The van der Waals surface area contributed by atoms with Crippen molar-refractivity contribution in [3.05, 3.63) is 40.9 Å². The van der Waals surface area contributed by atoms with Gasteiger partial charge in [0.1, 0.15) is 0 Å². The average Bonchev–Trinajstić information content (AvgIpc) is 2.73.